The molecule has 1 aromatic heterocycles. The monoisotopic (exact) mass is 384 g/mol. The smallest absolute Gasteiger partial charge is 0.359 e. The minimum Gasteiger partial charge on any atom is -0.359 e. The zero-order chi connectivity index (χ0) is 18.6. The molecule has 9 heteroatoms. The van der Waals surface area contributed by atoms with E-state index in [2.05, 4.69) is 15.6 Å². The summed E-state index contributed by atoms with van der Waals surface area (Å²) >= 11 is 0.621. The maximum Gasteiger partial charge on any atom is 0.427 e. The van der Waals surface area contributed by atoms with E-state index in [0.29, 0.717) is 31.0 Å². The van der Waals surface area contributed by atoms with Crippen LogP contribution < -0.4 is 10.6 Å². The summed E-state index contributed by atoms with van der Waals surface area (Å²) in [5.41, 5.74) is 0.762. The highest BCUT2D eigenvalue weighted by Crippen LogP contribution is 2.35. The van der Waals surface area contributed by atoms with Crippen molar-refractivity contribution in [3.05, 3.63) is 41.4 Å². The first-order chi connectivity index (χ1) is 12.4. The van der Waals surface area contributed by atoms with E-state index in [-0.39, 0.29) is 17.1 Å². The average Bonchev–Trinajstić information content (AvgIpc) is 3.06. The van der Waals surface area contributed by atoms with Gasteiger partial charge in [0, 0.05) is 24.8 Å². The number of nitrogens with one attached hydrogen (secondary N) is 2. The minimum absolute atomic E-state index is 0.0654. The lowest BCUT2D eigenvalue weighted by molar-refractivity contribution is -0.134. The summed E-state index contributed by atoms with van der Waals surface area (Å²) < 4.78 is 37.8. The number of hydrogen-bond acceptors (Lipinski definition) is 5. The van der Waals surface area contributed by atoms with Crippen LogP contribution in [0.3, 0.4) is 0 Å². The molecule has 0 atom stereocenters. The molecule has 0 saturated carbocycles. The maximum atomic E-state index is 12.6. The third kappa shape index (κ3) is 5.18. The highest BCUT2D eigenvalue weighted by molar-refractivity contribution is 7.15. The third-order valence-electron chi connectivity index (χ3n) is 4.13. The molecule has 1 amide bonds. The van der Waals surface area contributed by atoms with Gasteiger partial charge in [-0.05, 0) is 25.0 Å². The highest BCUT2D eigenvalue weighted by Gasteiger charge is 2.33. The van der Waals surface area contributed by atoms with Crippen molar-refractivity contribution in [2.24, 2.45) is 0 Å². The lowest BCUT2D eigenvalue weighted by atomic mass is 10.1. The fraction of sp³-hybridized carbons (Fsp3) is 0.412. The first-order valence-corrected chi connectivity index (χ1v) is 9.08. The number of thiazole rings is 1. The van der Waals surface area contributed by atoms with Gasteiger partial charge in [0.2, 0.25) is 5.91 Å². The van der Waals surface area contributed by atoms with Crippen molar-refractivity contribution >= 4 is 28.1 Å². The number of amides is 1. The van der Waals surface area contributed by atoms with Crippen molar-refractivity contribution in [3.8, 4) is 0 Å². The van der Waals surface area contributed by atoms with Crippen LogP contribution in [0, 0.1) is 0 Å². The number of nitrogens with zero attached hydrogens (tertiary/aromatic N) is 2. The van der Waals surface area contributed by atoms with Crippen molar-refractivity contribution < 1.29 is 18.0 Å². The summed E-state index contributed by atoms with van der Waals surface area (Å²) in [6.45, 7) is 1.71. The van der Waals surface area contributed by atoms with Crippen LogP contribution in [-0.2, 0) is 11.0 Å². The van der Waals surface area contributed by atoms with Crippen LogP contribution in [-0.4, -0.2) is 41.5 Å². The molecule has 0 aliphatic carbocycles. The van der Waals surface area contributed by atoms with E-state index in [4.69, 9.17) is 0 Å². The Morgan fingerprint density at radius 2 is 1.92 bits per heavy atom. The number of carbonyl (C=O) groups excluding carboxylic acids is 1. The van der Waals surface area contributed by atoms with Gasteiger partial charge < -0.3 is 10.6 Å². The lowest BCUT2D eigenvalue weighted by Gasteiger charge is -2.31. The zero-order valence-electron chi connectivity index (χ0n) is 13.9. The molecule has 2 aromatic rings. The first kappa shape index (κ1) is 18.7. The fourth-order valence-electron chi connectivity index (χ4n) is 2.81. The quantitative estimate of drug-likeness (QED) is 0.826. The maximum absolute atomic E-state index is 12.6. The molecule has 1 aromatic carbocycles. The van der Waals surface area contributed by atoms with Gasteiger partial charge in [-0.1, -0.05) is 29.5 Å². The number of benzene rings is 1. The van der Waals surface area contributed by atoms with Gasteiger partial charge in [-0.3, -0.25) is 9.69 Å². The second kappa shape index (κ2) is 8.05. The van der Waals surface area contributed by atoms with Crippen LogP contribution in [0.25, 0.3) is 0 Å². The summed E-state index contributed by atoms with van der Waals surface area (Å²) in [7, 11) is 0. The molecule has 1 saturated heterocycles. The number of aromatic nitrogens is 1. The molecule has 0 bridgehead atoms. The van der Waals surface area contributed by atoms with Gasteiger partial charge in [-0.2, -0.15) is 13.2 Å². The number of anilines is 2. The van der Waals surface area contributed by atoms with Crippen LogP contribution in [0.15, 0.2) is 36.5 Å². The summed E-state index contributed by atoms with van der Waals surface area (Å²) in [6, 6.07) is 9.32. The van der Waals surface area contributed by atoms with Gasteiger partial charge >= 0.3 is 6.18 Å². The van der Waals surface area contributed by atoms with Crippen LogP contribution in [0.1, 0.15) is 17.7 Å². The molecular weight excluding hydrogens is 365 g/mol. The predicted octanol–water partition coefficient (Wildman–Crippen LogP) is 3.68. The zero-order valence-corrected chi connectivity index (χ0v) is 14.7. The molecule has 1 aliphatic rings. The van der Waals surface area contributed by atoms with E-state index in [1.807, 2.05) is 35.2 Å². The van der Waals surface area contributed by atoms with Crippen LogP contribution in [0.5, 0.6) is 0 Å². The normalized spacial score (nSPS) is 16.4. The van der Waals surface area contributed by atoms with Gasteiger partial charge in [0.05, 0.1) is 12.7 Å². The number of para-hydroxylation sites is 1. The Labute approximate surface area is 153 Å². The van der Waals surface area contributed by atoms with E-state index in [9.17, 15) is 18.0 Å². The van der Waals surface area contributed by atoms with Gasteiger partial charge in [-0.15, -0.1) is 0 Å². The number of piperidine rings is 1. The first-order valence-electron chi connectivity index (χ1n) is 8.27. The Kier molecular flexibility index (Phi) is 5.77. The molecule has 1 aliphatic heterocycles. The standard InChI is InChI=1S/C17H19F3N4OS/c18-17(19,20)14-10-21-16(26-14)23-13-6-8-24(9-7-13)11-15(25)22-12-4-2-1-3-5-12/h1-5,10,13H,6-9,11H2,(H,21,23)(H,22,25). The molecule has 0 unspecified atom stereocenters. The van der Waals surface area contributed by atoms with E-state index < -0.39 is 11.1 Å². The number of likely N-dealkylation sites (tertiary alicyclic amines) is 1. The molecule has 26 heavy (non-hydrogen) atoms. The predicted molar refractivity (Wildman–Crippen MR) is 95.3 cm³/mol. The van der Waals surface area contributed by atoms with Crippen molar-refractivity contribution in [2.75, 3.05) is 30.3 Å². The average molecular weight is 384 g/mol. The Balaban J connectivity index is 1.43. The highest BCUT2D eigenvalue weighted by atomic mass is 32.1. The SMILES string of the molecule is O=C(CN1CCC(Nc2ncc(C(F)(F)F)s2)CC1)Nc1ccccc1. The molecule has 5 nitrogen and oxygen atoms in total. The summed E-state index contributed by atoms with van der Waals surface area (Å²) in [5, 5.41) is 6.20. The van der Waals surface area contributed by atoms with E-state index >= 15 is 0 Å². The van der Waals surface area contributed by atoms with Crippen LogP contribution in [0.4, 0.5) is 24.0 Å². The molecule has 1 fully saturated rings. The van der Waals surface area contributed by atoms with Crippen molar-refractivity contribution in [2.45, 2.75) is 25.1 Å². The summed E-state index contributed by atoms with van der Waals surface area (Å²) in [4.78, 5) is 17.2. The molecule has 140 valence electrons. The largest absolute Gasteiger partial charge is 0.427 e. The Bertz CT molecular complexity index is 727. The molecule has 0 spiro atoms. The van der Waals surface area contributed by atoms with Gasteiger partial charge in [-0.25, -0.2) is 4.98 Å². The van der Waals surface area contributed by atoms with Crippen LogP contribution in [0.2, 0.25) is 0 Å². The number of rotatable bonds is 5. The molecule has 2 heterocycles. The number of carbonyl (C=O) groups is 1. The number of halogens is 3. The molecule has 0 radical (unpaired) electrons. The van der Waals surface area contributed by atoms with Gasteiger partial charge in [0.25, 0.3) is 0 Å². The van der Waals surface area contributed by atoms with Gasteiger partial charge in [0.15, 0.2) is 5.13 Å². The van der Waals surface area contributed by atoms with Crippen LogP contribution >= 0.6 is 11.3 Å². The molecule has 2 N–H and O–H groups in total. The van der Waals surface area contributed by atoms with Gasteiger partial charge in [0.1, 0.15) is 4.88 Å². The molecular formula is C17H19F3N4OS. The summed E-state index contributed by atoms with van der Waals surface area (Å²) in [6.07, 6.45) is -2.00. The van der Waals surface area contributed by atoms with E-state index in [1.54, 1.807) is 0 Å². The van der Waals surface area contributed by atoms with E-state index in [0.717, 1.165) is 24.7 Å². The summed E-state index contributed by atoms with van der Waals surface area (Å²) in [5.74, 6) is -0.0719. The van der Waals surface area contributed by atoms with Crippen molar-refractivity contribution in [1.29, 1.82) is 0 Å². The Hall–Kier alpha value is -2.13. The second-order valence-corrected chi connectivity index (χ2v) is 7.17. The lowest BCUT2D eigenvalue weighted by Crippen LogP contribution is -2.42. The second-order valence-electron chi connectivity index (χ2n) is 6.14. The minimum atomic E-state index is -4.35. The number of hydrogen-bond donors (Lipinski definition) is 2. The number of alkyl halides is 3. The van der Waals surface area contributed by atoms with E-state index in [1.165, 1.54) is 0 Å². The fourth-order valence-corrected chi connectivity index (χ4v) is 3.57. The Morgan fingerprint density at radius 1 is 1.23 bits per heavy atom. The van der Waals surface area contributed by atoms with Crippen molar-refractivity contribution in [3.63, 3.8) is 0 Å². The topological polar surface area (TPSA) is 57.3 Å². The third-order valence-corrected chi connectivity index (χ3v) is 5.10. The molecule has 3 rings (SSSR count). The Morgan fingerprint density at radius 3 is 2.54 bits per heavy atom. The van der Waals surface area contributed by atoms with Crippen molar-refractivity contribution in [1.82, 2.24) is 9.88 Å².